The third kappa shape index (κ3) is 2.22. The quantitative estimate of drug-likeness (QED) is 0.695. The van der Waals surface area contributed by atoms with E-state index in [-0.39, 0.29) is 5.56 Å². The third-order valence-corrected chi connectivity index (χ3v) is 2.60. The first kappa shape index (κ1) is 11.1. The average Bonchev–Trinajstić information content (AvgIpc) is 2.30. The van der Waals surface area contributed by atoms with Crippen LogP contribution in [0, 0.1) is 0 Å². The van der Waals surface area contributed by atoms with Crippen LogP contribution in [-0.2, 0) is 0 Å². The van der Waals surface area contributed by atoms with Crippen LogP contribution in [0.4, 0.5) is 8.78 Å². The highest BCUT2D eigenvalue weighted by molar-refractivity contribution is 6.30. The van der Waals surface area contributed by atoms with Crippen molar-refractivity contribution in [2.75, 3.05) is 0 Å². The van der Waals surface area contributed by atoms with Crippen molar-refractivity contribution in [3.05, 3.63) is 59.1 Å². The topological polar surface area (TPSA) is 0 Å². The van der Waals surface area contributed by atoms with E-state index >= 15 is 0 Å². The van der Waals surface area contributed by atoms with Crippen LogP contribution in [0.25, 0.3) is 11.1 Å². The highest BCUT2D eigenvalue weighted by Gasteiger charge is 2.12. The van der Waals surface area contributed by atoms with Gasteiger partial charge in [-0.15, -0.1) is 0 Å². The Morgan fingerprint density at radius 1 is 0.875 bits per heavy atom. The fraction of sp³-hybridized carbons (Fsp3) is 0.0769. The molecule has 2 rings (SSSR count). The molecule has 0 nitrogen and oxygen atoms in total. The maximum atomic E-state index is 12.8. The van der Waals surface area contributed by atoms with Gasteiger partial charge in [-0.05, 0) is 23.3 Å². The molecule has 0 heterocycles. The first-order valence-electron chi connectivity index (χ1n) is 4.81. The summed E-state index contributed by atoms with van der Waals surface area (Å²) in [7, 11) is 0. The highest BCUT2D eigenvalue weighted by atomic mass is 35.5. The minimum absolute atomic E-state index is 0.0461. The van der Waals surface area contributed by atoms with E-state index in [0.717, 1.165) is 5.56 Å². The summed E-state index contributed by atoms with van der Waals surface area (Å²) < 4.78 is 25.5. The van der Waals surface area contributed by atoms with Gasteiger partial charge >= 0.3 is 0 Å². The van der Waals surface area contributed by atoms with E-state index in [9.17, 15) is 8.78 Å². The SMILES string of the molecule is FC(F)c1ccccc1-c1ccc(Cl)cc1. The number of rotatable bonds is 2. The molecule has 0 radical (unpaired) electrons. The Bertz CT molecular complexity index is 478. The molecule has 0 fully saturated rings. The fourth-order valence-electron chi connectivity index (χ4n) is 1.58. The minimum atomic E-state index is -2.47. The van der Waals surface area contributed by atoms with Crippen LogP contribution in [0.15, 0.2) is 48.5 Å². The lowest BCUT2D eigenvalue weighted by Crippen LogP contribution is -1.89. The molecule has 0 saturated heterocycles. The predicted molar refractivity (Wildman–Crippen MR) is 61.8 cm³/mol. The second-order valence-electron chi connectivity index (χ2n) is 3.39. The summed E-state index contributed by atoms with van der Waals surface area (Å²) in [5.41, 5.74) is 1.35. The Labute approximate surface area is 97.5 Å². The molecule has 82 valence electrons. The van der Waals surface area contributed by atoms with Crippen molar-refractivity contribution in [2.45, 2.75) is 6.43 Å². The van der Waals surface area contributed by atoms with Crippen molar-refractivity contribution in [2.24, 2.45) is 0 Å². The summed E-state index contributed by atoms with van der Waals surface area (Å²) in [6, 6.07) is 13.3. The van der Waals surface area contributed by atoms with Gasteiger partial charge < -0.3 is 0 Å². The first-order valence-corrected chi connectivity index (χ1v) is 5.19. The van der Waals surface area contributed by atoms with Gasteiger partial charge in [-0.3, -0.25) is 0 Å². The standard InChI is InChI=1S/C13H9ClF2/c14-10-7-5-9(6-8-10)11-3-1-2-4-12(11)13(15)16/h1-8,13H. The van der Waals surface area contributed by atoms with Crippen molar-refractivity contribution < 1.29 is 8.78 Å². The Morgan fingerprint density at radius 3 is 2.12 bits per heavy atom. The molecule has 0 spiro atoms. The molecule has 0 aliphatic heterocycles. The van der Waals surface area contributed by atoms with Crippen LogP contribution >= 0.6 is 11.6 Å². The molecule has 0 N–H and O–H groups in total. The van der Waals surface area contributed by atoms with E-state index in [0.29, 0.717) is 10.6 Å². The van der Waals surface area contributed by atoms with Crippen molar-refractivity contribution in [1.82, 2.24) is 0 Å². The van der Waals surface area contributed by atoms with Crippen LogP contribution in [0.1, 0.15) is 12.0 Å². The summed E-state index contributed by atoms with van der Waals surface area (Å²) >= 11 is 5.75. The zero-order valence-electron chi connectivity index (χ0n) is 8.33. The summed E-state index contributed by atoms with van der Waals surface area (Å²) in [4.78, 5) is 0. The van der Waals surface area contributed by atoms with Gasteiger partial charge in [0, 0.05) is 10.6 Å². The molecule has 0 aliphatic rings. The van der Waals surface area contributed by atoms with Crippen LogP contribution in [0.2, 0.25) is 5.02 Å². The number of hydrogen-bond donors (Lipinski definition) is 0. The van der Waals surface area contributed by atoms with Gasteiger partial charge in [0.1, 0.15) is 0 Å². The molecule has 16 heavy (non-hydrogen) atoms. The van der Waals surface area contributed by atoms with Gasteiger partial charge in [-0.2, -0.15) is 0 Å². The van der Waals surface area contributed by atoms with E-state index < -0.39 is 6.43 Å². The summed E-state index contributed by atoms with van der Waals surface area (Å²) in [6.07, 6.45) is -2.47. The number of benzene rings is 2. The normalized spacial score (nSPS) is 10.8. The van der Waals surface area contributed by atoms with Gasteiger partial charge in [0.05, 0.1) is 0 Å². The van der Waals surface area contributed by atoms with Gasteiger partial charge in [-0.25, -0.2) is 8.78 Å². The maximum Gasteiger partial charge on any atom is 0.264 e. The second-order valence-corrected chi connectivity index (χ2v) is 3.83. The van der Waals surface area contributed by atoms with Crippen molar-refractivity contribution in [3.8, 4) is 11.1 Å². The minimum Gasteiger partial charge on any atom is -0.205 e. The van der Waals surface area contributed by atoms with Crippen LogP contribution in [0.3, 0.4) is 0 Å². The number of alkyl halides is 2. The lowest BCUT2D eigenvalue weighted by atomic mass is 10.0. The molecule has 3 heteroatoms. The molecule has 0 saturated carbocycles. The molecule has 2 aromatic rings. The van der Waals surface area contributed by atoms with Crippen molar-refractivity contribution >= 4 is 11.6 Å². The van der Waals surface area contributed by atoms with Crippen LogP contribution < -0.4 is 0 Å². The molecular formula is C13H9ClF2. The van der Waals surface area contributed by atoms with Gasteiger partial charge in [0.25, 0.3) is 6.43 Å². The monoisotopic (exact) mass is 238 g/mol. The smallest absolute Gasteiger partial charge is 0.205 e. The van der Waals surface area contributed by atoms with Gasteiger partial charge in [-0.1, -0.05) is 48.0 Å². The van der Waals surface area contributed by atoms with E-state index in [4.69, 9.17) is 11.6 Å². The van der Waals surface area contributed by atoms with Gasteiger partial charge in [0.15, 0.2) is 0 Å². The Morgan fingerprint density at radius 2 is 1.50 bits per heavy atom. The van der Waals surface area contributed by atoms with Crippen molar-refractivity contribution in [1.29, 1.82) is 0 Å². The number of hydrogen-bond acceptors (Lipinski definition) is 0. The molecule has 0 unspecified atom stereocenters. The third-order valence-electron chi connectivity index (χ3n) is 2.35. The summed E-state index contributed by atoms with van der Waals surface area (Å²) in [6.45, 7) is 0. The molecule has 0 aromatic heterocycles. The average molecular weight is 239 g/mol. The van der Waals surface area contributed by atoms with E-state index in [1.165, 1.54) is 6.07 Å². The maximum absolute atomic E-state index is 12.8. The largest absolute Gasteiger partial charge is 0.264 e. The van der Waals surface area contributed by atoms with Crippen LogP contribution in [-0.4, -0.2) is 0 Å². The van der Waals surface area contributed by atoms with Gasteiger partial charge in [0.2, 0.25) is 0 Å². The van der Waals surface area contributed by atoms with E-state index in [1.54, 1.807) is 42.5 Å². The summed E-state index contributed by atoms with van der Waals surface area (Å²) in [5.74, 6) is 0. The van der Waals surface area contributed by atoms with Crippen molar-refractivity contribution in [3.63, 3.8) is 0 Å². The van der Waals surface area contributed by atoms with E-state index in [1.807, 2.05) is 0 Å². The molecule has 0 aliphatic carbocycles. The molecule has 2 aromatic carbocycles. The first-order chi connectivity index (χ1) is 7.68. The molecular weight excluding hydrogens is 230 g/mol. The predicted octanol–water partition coefficient (Wildman–Crippen LogP) is 4.94. The lowest BCUT2D eigenvalue weighted by molar-refractivity contribution is 0.152. The Hall–Kier alpha value is -1.41. The summed E-state index contributed by atoms with van der Waals surface area (Å²) in [5, 5.41) is 0.596. The molecule has 0 atom stereocenters. The molecule has 0 amide bonds. The second kappa shape index (κ2) is 4.62. The highest BCUT2D eigenvalue weighted by Crippen LogP contribution is 2.31. The lowest BCUT2D eigenvalue weighted by Gasteiger charge is -2.08. The zero-order chi connectivity index (χ0) is 11.5. The van der Waals surface area contributed by atoms with E-state index in [2.05, 4.69) is 0 Å². The Balaban J connectivity index is 2.51. The fourth-order valence-corrected chi connectivity index (χ4v) is 1.71. The Kier molecular flexibility index (Phi) is 3.20. The number of halogens is 3. The van der Waals surface area contributed by atoms with Crippen LogP contribution in [0.5, 0.6) is 0 Å². The zero-order valence-corrected chi connectivity index (χ0v) is 9.09. The molecule has 0 bridgehead atoms.